The van der Waals surface area contributed by atoms with Crippen LogP contribution in [0.3, 0.4) is 0 Å². The summed E-state index contributed by atoms with van der Waals surface area (Å²) in [6.45, 7) is 5.02. The van der Waals surface area contributed by atoms with Crippen LogP contribution in [0, 0.1) is 13.8 Å². The molecule has 2 aliphatic rings. The molecule has 26 heavy (non-hydrogen) atoms. The van der Waals surface area contributed by atoms with Crippen LogP contribution in [0.5, 0.6) is 0 Å². The van der Waals surface area contributed by atoms with Crippen molar-refractivity contribution < 1.29 is 14.3 Å². The maximum Gasteiger partial charge on any atom is 0.340 e. The molecule has 1 amide bonds. The van der Waals surface area contributed by atoms with Gasteiger partial charge in [0.05, 0.1) is 5.56 Å². The maximum atomic E-state index is 12.5. The molecule has 0 N–H and O–H groups in total. The Balaban J connectivity index is 1.38. The average molecular weight is 352 g/mol. The minimum atomic E-state index is -0.407. The van der Waals surface area contributed by atoms with Gasteiger partial charge < -0.3 is 14.2 Å². The number of rotatable bonds is 4. The molecule has 0 unspecified atom stereocenters. The molecule has 0 bridgehead atoms. The third-order valence-corrected chi connectivity index (χ3v) is 5.43. The van der Waals surface area contributed by atoms with Crippen molar-refractivity contribution in [2.24, 2.45) is 0 Å². The van der Waals surface area contributed by atoms with Gasteiger partial charge in [0, 0.05) is 30.5 Å². The first-order chi connectivity index (χ1) is 12.5. The van der Waals surface area contributed by atoms with E-state index in [1.54, 1.807) is 4.90 Å². The van der Waals surface area contributed by atoms with Gasteiger partial charge in [-0.1, -0.05) is 24.3 Å². The second kappa shape index (κ2) is 6.63. The van der Waals surface area contributed by atoms with Gasteiger partial charge >= 0.3 is 5.97 Å². The fourth-order valence-electron chi connectivity index (χ4n) is 3.88. The Hall–Kier alpha value is -2.56. The highest BCUT2D eigenvalue weighted by Gasteiger charge is 2.29. The first-order valence-corrected chi connectivity index (χ1v) is 9.24. The molecule has 4 rings (SSSR count). The number of fused-ring (bicyclic) bond motifs is 1. The highest BCUT2D eigenvalue weighted by molar-refractivity contribution is 5.92. The lowest BCUT2D eigenvalue weighted by Crippen LogP contribution is -2.38. The van der Waals surface area contributed by atoms with Gasteiger partial charge in [0.1, 0.15) is 0 Å². The van der Waals surface area contributed by atoms with Crippen LogP contribution >= 0.6 is 0 Å². The van der Waals surface area contributed by atoms with Crippen molar-refractivity contribution >= 4 is 11.9 Å². The van der Waals surface area contributed by atoms with E-state index in [1.165, 1.54) is 24.0 Å². The highest BCUT2D eigenvalue weighted by atomic mass is 16.5. The largest absolute Gasteiger partial charge is 0.452 e. The Labute approximate surface area is 153 Å². The predicted molar refractivity (Wildman–Crippen MR) is 98.0 cm³/mol. The molecule has 2 heterocycles. The van der Waals surface area contributed by atoms with E-state index in [1.807, 2.05) is 38.1 Å². The third-order valence-electron chi connectivity index (χ3n) is 5.43. The van der Waals surface area contributed by atoms with Crippen molar-refractivity contribution in [3.05, 3.63) is 58.4 Å². The van der Waals surface area contributed by atoms with E-state index in [4.69, 9.17) is 4.74 Å². The van der Waals surface area contributed by atoms with Gasteiger partial charge in [0.15, 0.2) is 6.61 Å². The minimum absolute atomic E-state index is 0.135. The third kappa shape index (κ3) is 3.14. The lowest BCUT2D eigenvalue weighted by atomic mass is 10.00. The summed E-state index contributed by atoms with van der Waals surface area (Å²) in [5.41, 5.74) is 5.06. The van der Waals surface area contributed by atoms with Crippen molar-refractivity contribution in [1.82, 2.24) is 9.47 Å². The number of benzene rings is 1. The van der Waals surface area contributed by atoms with Crippen LogP contribution in [0.4, 0.5) is 0 Å². The zero-order valence-electron chi connectivity index (χ0n) is 15.3. The maximum absolute atomic E-state index is 12.5. The van der Waals surface area contributed by atoms with Crippen LogP contribution in [-0.2, 0) is 22.5 Å². The Morgan fingerprint density at radius 3 is 2.62 bits per heavy atom. The number of carbonyl (C=O) groups excluding carboxylic acids is 2. The average Bonchev–Trinajstić information content (AvgIpc) is 3.43. The molecule has 5 heteroatoms. The molecule has 0 saturated heterocycles. The summed E-state index contributed by atoms with van der Waals surface area (Å²) in [7, 11) is 0. The monoisotopic (exact) mass is 352 g/mol. The van der Waals surface area contributed by atoms with E-state index in [9.17, 15) is 9.59 Å². The van der Waals surface area contributed by atoms with E-state index in [0.29, 0.717) is 24.7 Å². The van der Waals surface area contributed by atoms with E-state index < -0.39 is 5.97 Å². The summed E-state index contributed by atoms with van der Waals surface area (Å²) in [5, 5.41) is 0. The number of aromatic nitrogens is 1. The van der Waals surface area contributed by atoms with Gasteiger partial charge in [-0.05, 0) is 50.3 Å². The second-order valence-corrected chi connectivity index (χ2v) is 7.30. The molecular formula is C21H24N2O3. The number of carbonyl (C=O) groups is 2. The smallest absolute Gasteiger partial charge is 0.340 e. The first-order valence-electron chi connectivity index (χ1n) is 9.24. The molecule has 0 atom stereocenters. The molecular weight excluding hydrogens is 328 g/mol. The van der Waals surface area contributed by atoms with Gasteiger partial charge in [-0.3, -0.25) is 4.79 Å². The predicted octanol–water partition coefficient (Wildman–Crippen LogP) is 3.18. The zero-order valence-corrected chi connectivity index (χ0v) is 15.3. The van der Waals surface area contributed by atoms with Gasteiger partial charge in [-0.15, -0.1) is 0 Å². The van der Waals surface area contributed by atoms with Gasteiger partial charge in [0.2, 0.25) is 0 Å². The van der Waals surface area contributed by atoms with E-state index in [-0.39, 0.29) is 12.5 Å². The molecule has 1 aliphatic carbocycles. The molecule has 1 aromatic heterocycles. The highest BCUT2D eigenvalue weighted by Crippen LogP contribution is 2.38. The number of ether oxygens (including phenoxy) is 1. The van der Waals surface area contributed by atoms with Crippen molar-refractivity contribution in [1.29, 1.82) is 0 Å². The summed E-state index contributed by atoms with van der Waals surface area (Å²) in [4.78, 5) is 26.7. The van der Waals surface area contributed by atoms with Crippen LogP contribution in [0.1, 0.15) is 51.8 Å². The Morgan fingerprint density at radius 1 is 1.15 bits per heavy atom. The van der Waals surface area contributed by atoms with Crippen molar-refractivity contribution in [3.63, 3.8) is 0 Å². The molecule has 1 saturated carbocycles. The number of aryl methyl sites for hydroxylation is 1. The molecule has 1 aromatic carbocycles. The number of nitrogens with zero attached hydrogens (tertiary/aromatic N) is 2. The Morgan fingerprint density at radius 2 is 1.88 bits per heavy atom. The quantitative estimate of drug-likeness (QED) is 0.794. The van der Waals surface area contributed by atoms with Gasteiger partial charge in [0.25, 0.3) is 5.91 Å². The zero-order chi connectivity index (χ0) is 18.3. The molecule has 5 nitrogen and oxygen atoms in total. The molecule has 1 fully saturated rings. The molecule has 0 radical (unpaired) electrons. The van der Waals surface area contributed by atoms with E-state index in [2.05, 4.69) is 10.6 Å². The fourth-order valence-corrected chi connectivity index (χ4v) is 3.88. The minimum Gasteiger partial charge on any atom is -0.452 e. The van der Waals surface area contributed by atoms with Crippen LogP contribution in [-0.4, -0.2) is 34.5 Å². The number of esters is 1. The van der Waals surface area contributed by atoms with Crippen LogP contribution in [0.2, 0.25) is 0 Å². The number of hydrogen-bond donors (Lipinski definition) is 0. The Kier molecular flexibility index (Phi) is 4.31. The lowest BCUT2D eigenvalue weighted by Gasteiger charge is -2.28. The van der Waals surface area contributed by atoms with Crippen LogP contribution < -0.4 is 0 Å². The summed E-state index contributed by atoms with van der Waals surface area (Å²) < 4.78 is 7.55. The molecule has 2 aromatic rings. The second-order valence-electron chi connectivity index (χ2n) is 7.30. The standard InChI is InChI=1S/C21H24N2O3/c1-14-11-19(15(2)23(14)18-7-8-18)21(25)26-13-20(24)22-10-9-16-5-3-4-6-17(16)12-22/h3-6,11,18H,7-10,12-13H2,1-2H3. The topological polar surface area (TPSA) is 51.5 Å². The fraction of sp³-hybridized carbons (Fsp3) is 0.429. The molecule has 1 aliphatic heterocycles. The normalized spacial score (nSPS) is 16.3. The summed E-state index contributed by atoms with van der Waals surface area (Å²) >= 11 is 0. The summed E-state index contributed by atoms with van der Waals surface area (Å²) in [6.07, 6.45) is 3.18. The summed E-state index contributed by atoms with van der Waals surface area (Å²) in [5.74, 6) is -0.542. The number of amides is 1. The van der Waals surface area contributed by atoms with E-state index in [0.717, 1.165) is 17.8 Å². The Bertz CT molecular complexity index is 864. The molecule has 136 valence electrons. The molecule has 0 spiro atoms. The SMILES string of the molecule is Cc1cc(C(=O)OCC(=O)N2CCc3ccccc3C2)c(C)n1C1CC1. The van der Waals surface area contributed by atoms with Gasteiger partial charge in [-0.2, -0.15) is 0 Å². The van der Waals surface area contributed by atoms with Crippen molar-refractivity contribution in [3.8, 4) is 0 Å². The van der Waals surface area contributed by atoms with Crippen LogP contribution in [0.15, 0.2) is 30.3 Å². The lowest BCUT2D eigenvalue weighted by molar-refractivity contribution is -0.135. The first kappa shape index (κ1) is 16.9. The summed E-state index contributed by atoms with van der Waals surface area (Å²) in [6, 6.07) is 10.6. The number of hydrogen-bond acceptors (Lipinski definition) is 3. The van der Waals surface area contributed by atoms with E-state index >= 15 is 0 Å². The van der Waals surface area contributed by atoms with Crippen molar-refractivity contribution in [2.45, 2.75) is 45.7 Å². The van der Waals surface area contributed by atoms with Gasteiger partial charge in [-0.25, -0.2) is 4.79 Å². The van der Waals surface area contributed by atoms with Crippen molar-refractivity contribution in [2.75, 3.05) is 13.2 Å². The van der Waals surface area contributed by atoms with Crippen LogP contribution in [0.25, 0.3) is 0 Å².